The van der Waals surface area contributed by atoms with Gasteiger partial charge in [0, 0.05) is 23.4 Å². The van der Waals surface area contributed by atoms with Crippen molar-refractivity contribution in [1.29, 1.82) is 0 Å². The van der Waals surface area contributed by atoms with Crippen LogP contribution in [0, 0.1) is 5.82 Å². The molecule has 3 rings (SSSR count). The predicted molar refractivity (Wildman–Crippen MR) is 87.9 cm³/mol. The van der Waals surface area contributed by atoms with E-state index in [1.165, 1.54) is 24.3 Å². The van der Waals surface area contributed by atoms with Gasteiger partial charge in [-0.2, -0.15) is 0 Å². The molecule has 0 bridgehead atoms. The van der Waals surface area contributed by atoms with Crippen LogP contribution in [0.25, 0.3) is 0 Å². The lowest BCUT2D eigenvalue weighted by atomic mass is 9.97. The number of carbonyl (C=O) groups is 2. The maximum absolute atomic E-state index is 13.0. The number of alkyl halides is 1. The topological polar surface area (TPSA) is 37.4 Å². The number of ketones is 1. The summed E-state index contributed by atoms with van der Waals surface area (Å²) in [7, 11) is 0. The zero-order valence-electron chi connectivity index (χ0n) is 12.4. The van der Waals surface area contributed by atoms with E-state index in [1.54, 1.807) is 17.0 Å². The van der Waals surface area contributed by atoms with Crippen molar-refractivity contribution < 1.29 is 14.0 Å². The number of nitrogens with zero attached hydrogens (tertiary/aromatic N) is 1. The third-order valence-corrected chi connectivity index (χ3v) is 4.22. The molecule has 0 aliphatic carbocycles. The van der Waals surface area contributed by atoms with E-state index in [2.05, 4.69) is 0 Å². The van der Waals surface area contributed by atoms with Crippen LogP contribution in [-0.4, -0.2) is 24.1 Å². The van der Waals surface area contributed by atoms with Crippen molar-refractivity contribution in [2.24, 2.45) is 0 Å². The number of hydrogen-bond donors (Lipinski definition) is 0. The van der Waals surface area contributed by atoms with Crippen molar-refractivity contribution in [2.75, 3.05) is 17.3 Å². The highest BCUT2D eigenvalue weighted by Gasteiger charge is 2.24. The van der Waals surface area contributed by atoms with E-state index in [-0.39, 0.29) is 23.4 Å². The van der Waals surface area contributed by atoms with Gasteiger partial charge in [-0.25, -0.2) is 4.39 Å². The Morgan fingerprint density at radius 2 is 1.78 bits per heavy atom. The van der Waals surface area contributed by atoms with E-state index in [0.29, 0.717) is 17.7 Å². The van der Waals surface area contributed by atoms with Gasteiger partial charge in [0.1, 0.15) is 5.82 Å². The van der Waals surface area contributed by atoms with Gasteiger partial charge in [-0.3, -0.25) is 9.59 Å². The highest BCUT2D eigenvalue weighted by atomic mass is 35.5. The lowest BCUT2D eigenvalue weighted by Gasteiger charge is -2.30. The van der Waals surface area contributed by atoms with E-state index < -0.39 is 0 Å². The predicted octanol–water partition coefficient (Wildman–Crippen LogP) is 3.84. The van der Waals surface area contributed by atoms with Crippen molar-refractivity contribution in [3.8, 4) is 0 Å². The number of aryl methyl sites for hydroxylation is 1. The molecule has 2 aromatic rings. The summed E-state index contributed by atoms with van der Waals surface area (Å²) < 4.78 is 13.0. The van der Waals surface area contributed by atoms with Gasteiger partial charge < -0.3 is 4.90 Å². The Hall–Kier alpha value is -2.20. The number of carbonyl (C=O) groups excluding carboxylic acids is 2. The Bertz CT molecular complexity index is 758. The summed E-state index contributed by atoms with van der Waals surface area (Å²) in [6, 6.07) is 10.8. The molecule has 0 N–H and O–H groups in total. The Labute approximate surface area is 138 Å². The fourth-order valence-electron chi connectivity index (χ4n) is 2.81. The Morgan fingerprint density at radius 3 is 2.48 bits per heavy atom. The van der Waals surface area contributed by atoms with Crippen LogP contribution >= 0.6 is 11.6 Å². The Balaban J connectivity index is 1.93. The Kier molecular flexibility index (Phi) is 4.44. The van der Waals surface area contributed by atoms with Gasteiger partial charge in [-0.05, 0) is 60.9 Å². The first kappa shape index (κ1) is 15.7. The molecule has 0 radical (unpaired) electrons. The second kappa shape index (κ2) is 6.50. The molecule has 3 nitrogen and oxygen atoms in total. The molecule has 1 amide bonds. The summed E-state index contributed by atoms with van der Waals surface area (Å²) in [4.78, 5) is 26.1. The second-order valence-corrected chi connectivity index (χ2v) is 5.73. The minimum absolute atomic E-state index is 0.0585. The monoisotopic (exact) mass is 331 g/mol. The van der Waals surface area contributed by atoms with Gasteiger partial charge in [-0.15, -0.1) is 11.6 Å². The van der Waals surface area contributed by atoms with Crippen LogP contribution in [0.2, 0.25) is 0 Å². The molecule has 0 fully saturated rings. The summed E-state index contributed by atoms with van der Waals surface area (Å²) in [6.07, 6.45) is 1.63. The van der Waals surface area contributed by atoms with E-state index in [0.717, 1.165) is 24.1 Å². The lowest BCUT2D eigenvalue weighted by molar-refractivity contribution is 0.0984. The van der Waals surface area contributed by atoms with Crippen LogP contribution in [0.4, 0.5) is 10.1 Å². The van der Waals surface area contributed by atoms with Crippen molar-refractivity contribution in [3.63, 3.8) is 0 Å². The average Bonchev–Trinajstić information content (AvgIpc) is 2.60. The largest absolute Gasteiger partial charge is 0.308 e. The van der Waals surface area contributed by atoms with Crippen molar-refractivity contribution >= 4 is 29.0 Å². The zero-order valence-corrected chi connectivity index (χ0v) is 13.1. The molecule has 0 saturated heterocycles. The van der Waals surface area contributed by atoms with E-state index >= 15 is 0 Å². The number of halogens is 2. The quantitative estimate of drug-likeness (QED) is 0.633. The van der Waals surface area contributed by atoms with Gasteiger partial charge in [0.15, 0.2) is 5.78 Å². The molecule has 1 heterocycles. The number of fused-ring (bicyclic) bond motifs is 1. The number of amides is 1. The standard InChI is InChI=1S/C18H15ClFNO2/c19-11-17(22)14-5-8-16-13(10-14)2-1-9-21(16)18(23)12-3-6-15(20)7-4-12/h3-8,10H,1-2,9,11H2. The molecular formula is C18H15ClFNO2. The minimum atomic E-state index is -0.371. The van der Waals surface area contributed by atoms with Crippen LogP contribution < -0.4 is 4.90 Å². The van der Waals surface area contributed by atoms with Gasteiger partial charge in [0.2, 0.25) is 0 Å². The number of Topliss-reactive ketones (excluding diaryl/α,β-unsaturated/α-hetero) is 1. The molecular weight excluding hydrogens is 317 g/mol. The lowest BCUT2D eigenvalue weighted by Crippen LogP contribution is -2.35. The summed E-state index contributed by atoms with van der Waals surface area (Å²) in [6.45, 7) is 0.603. The number of rotatable bonds is 3. The molecule has 2 aromatic carbocycles. The van der Waals surface area contributed by atoms with Crippen LogP contribution in [0.1, 0.15) is 32.7 Å². The summed E-state index contributed by atoms with van der Waals surface area (Å²) in [5, 5.41) is 0. The third-order valence-electron chi connectivity index (χ3n) is 3.98. The molecule has 1 aliphatic heterocycles. The first-order valence-electron chi connectivity index (χ1n) is 7.39. The first-order chi connectivity index (χ1) is 11.1. The van der Waals surface area contributed by atoms with E-state index in [9.17, 15) is 14.0 Å². The Morgan fingerprint density at radius 1 is 1.09 bits per heavy atom. The van der Waals surface area contributed by atoms with E-state index in [1.807, 2.05) is 6.07 Å². The van der Waals surface area contributed by atoms with Crippen molar-refractivity contribution in [2.45, 2.75) is 12.8 Å². The molecule has 0 aromatic heterocycles. The van der Waals surface area contributed by atoms with Crippen molar-refractivity contribution in [3.05, 3.63) is 65.0 Å². The molecule has 0 atom stereocenters. The maximum Gasteiger partial charge on any atom is 0.258 e. The third kappa shape index (κ3) is 3.13. The second-order valence-electron chi connectivity index (χ2n) is 5.47. The highest BCUT2D eigenvalue weighted by Crippen LogP contribution is 2.29. The van der Waals surface area contributed by atoms with Crippen molar-refractivity contribution in [1.82, 2.24) is 0 Å². The number of hydrogen-bond acceptors (Lipinski definition) is 2. The number of anilines is 1. The van der Waals surface area contributed by atoms with Gasteiger partial charge in [0.25, 0.3) is 5.91 Å². The summed E-state index contributed by atoms with van der Waals surface area (Å²) >= 11 is 5.60. The maximum atomic E-state index is 13.0. The number of benzene rings is 2. The average molecular weight is 332 g/mol. The molecule has 0 unspecified atom stereocenters. The summed E-state index contributed by atoms with van der Waals surface area (Å²) in [5.74, 6) is -0.722. The highest BCUT2D eigenvalue weighted by molar-refractivity contribution is 6.30. The van der Waals surface area contributed by atoms with E-state index in [4.69, 9.17) is 11.6 Å². The molecule has 0 saturated carbocycles. The molecule has 0 spiro atoms. The molecule has 1 aliphatic rings. The fourth-order valence-corrected chi connectivity index (χ4v) is 2.96. The molecule has 5 heteroatoms. The van der Waals surface area contributed by atoms with Crippen LogP contribution in [0.5, 0.6) is 0 Å². The zero-order chi connectivity index (χ0) is 16.4. The van der Waals surface area contributed by atoms with Crippen LogP contribution in [-0.2, 0) is 6.42 Å². The van der Waals surface area contributed by atoms with Crippen LogP contribution in [0.3, 0.4) is 0 Å². The normalized spacial score (nSPS) is 13.6. The molecule has 118 valence electrons. The smallest absolute Gasteiger partial charge is 0.258 e. The minimum Gasteiger partial charge on any atom is -0.308 e. The SMILES string of the molecule is O=C(CCl)c1ccc2c(c1)CCCN2C(=O)c1ccc(F)cc1. The first-order valence-corrected chi connectivity index (χ1v) is 7.93. The van der Waals surface area contributed by atoms with Gasteiger partial charge in [-0.1, -0.05) is 0 Å². The summed E-state index contributed by atoms with van der Waals surface area (Å²) in [5.41, 5.74) is 2.77. The van der Waals surface area contributed by atoms with Gasteiger partial charge >= 0.3 is 0 Å². The fraction of sp³-hybridized carbons (Fsp3) is 0.222. The van der Waals surface area contributed by atoms with Crippen LogP contribution in [0.15, 0.2) is 42.5 Å². The molecule has 23 heavy (non-hydrogen) atoms. The van der Waals surface area contributed by atoms with Gasteiger partial charge in [0.05, 0.1) is 5.88 Å².